The maximum absolute atomic E-state index is 5.53. The van der Waals surface area contributed by atoms with E-state index in [4.69, 9.17) is 5.73 Å². The van der Waals surface area contributed by atoms with Crippen LogP contribution in [0.1, 0.15) is 5.56 Å². The first-order valence-corrected chi connectivity index (χ1v) is 5.96. The average molecular weight is 219 g/mol. The van der Waals surface area contributed by atoms with Gasteiger partial charge in [0.1, 0.15) is 0 Å². The minimum atomic E-state index is 0.701. The molecule has 1 heterocycles. The summed E-state index contributed by atoms with van der Waals surface area (Å²) in [7, 11) is 2.21. The Morgan fingerprint density at radius 2 is 2.00 bits per heavy atom. The van der Waals surface area contributed by atoms with Gasteiger partial charge in [-0.1, -0.05) is 30.3 Å². The summed E-state index contributed by atoms with van der Waals surface area (Å²) >= 11 is 0. The van der Waals surface area contributed by atoms with Crippen molar-refractivity contribution >= 4 is 0 Å². The highest BCUT2D eigenvalue weighted by Crippen LogP contribution is 2.15. The number of nitrogens with two attached hydrogens (primary N) is 1. The van der Waals surface area contributed by atoms with E-state index < -0.39 is 0 Å². The van der Waals surface area contributed by atoms with Gasteiger partial charge in [0.05, 0.1) is 0 Å². The molecule has 1 saturated heterocycles. The standard InChI is InChI=1S/C13H21N3/c1-15(9-12-5-3-2-4-6-12)13-10-16(11-13)8-7-14/h2-6,13H,7-11,14H2,1H3. The van der Waals surface area contributed by atoms with E-state index in [0.29, 0.717) is 6.04 Å². The average Bonchev–Trinajstić information content (AvgIpc) is 2.24. The van der Waals surface area contributed by atoms with Crippen molar-refractivity contribution in [1.82, 2.24) is 9.80 Å². The molecule has 0 spiro atoms. The predicted molar refractivity (Wildman–Crippen MR) is 67.2 cm³/mol. The second-order valence-corrected chi connectivity index (χ2v) is 4.60. The molecule has 2 N–H and O–H groups in total. The van der Waals surface area contributed by atoms with Crippen LogP contribution in [-0.4, -0.2) is 49.1 Å². The summed E-state index contributed by atoms with van der Waals surface area (Å²) in [6.07, 6.45) is 0. The van der Waals surface area contributed by atoms with Gasteiger partial charge in [-0.3, -0.25) is 9.80 Å². The molecule has 0 aromatic heterocycles. The van der Waals surface area contributed by atoms with Gasteiger partial charge in [-0.05, 0) is 12.6 Å². The topological polar surface area (TPSA) is 32.5 Å². The third-order valence-corrected chi connectivity index (χ3v) is 3.28. The lowest BCUT2D eigenvalue weighted by molar-refractivity contribution is 0.0477. The van der Waals surface area contributed by atoms with Crippen LogP contribution < -0.4 is 5.73 Å². The molecule has 0 saturated carbocycles. The molecule has 1 aliphatic rings. The number of benzene rings is 1. The minimum Gasteiger partial charge on any atom is -0.329 e. The molecule has 88 valence electrons. The van der Waals surface area contributed by atoms with Gasteiger partial charge in [0, 0.05) is 38.8 Å². The lowest BCUT2D eigenvalue weighted by Crippen LogP contribution is -2.58. The fraction of sp³-hybridized carbons (Fsp3) is 0.538. The second-order valence-electron chi connectivity index (χ2n) is 4.60. The molecule has 0 bridgehead atoms. The molecule has 0 atom stereocenters. The zero-order valence-corrected chi connectivity index (χ0v) is 9.97. The predicted octanol–water partition coefficient (Wildman–Crippen LogP) is 0.761. The largest absolute Gasteiger partial charge is 0.329 e. The molecular formula is C13H21N3. The molecule has 0 unspecified atom stereocenters. The first kappa shape index (κ1) is 11.6. The lowest BCUT2D eigenvalue weighted by Gasteiger charge is -2.44. The Kier molecular flexibility index (Phi) is 3.93. The van der Waals surface area contributed by atoms with Crippen molar-refractivity contribution in [3.8, 4) is 0 Å². The summed E-state index contributed by atoms with van der Waals surface area (Å²) in [4.78, 5) is 4.84. The lowest BCUT2D eigenvalue weighted by atomic mass is 10.1. The molecule has 1 aromatic carbocycles. The van der Waals surface area contributed by atoms with Gasteiger partial charge in [0.25, 0.3) is 0 Å². The fourth-order valence-corrected chi connectivity index (χ4v) is 2.19. The zero-order chi connectivity index (χ0) is 11.4. The van der Waals surface area contributed by atoms with E-state index in [0.717, 1.165) is 19.6 Å². The maximum atomic E-state index is 5.53. The van der Waals surface area contributed by atoms with Gasteiger partial charge >= 0.3 is 0 Å². The number of likely N-dealkylation sites (tertiary alicyclic amines) is 1. The van der Waals surface area contributed by atoms with Gasteiger partial charge < -0.3 is 5.73 Å². The van der Waals surface area contributed by atoms with Crippen LogP contribution in [0.3, 0.4) is 0 Å². The van der Waals surface area contributed by atoms with Crippen LogP contribution >= 0.6 is 0 Å². The van der Waals surface area contributed by atoms with E-state index in [-0.39, 0.29) is 0 Å². The SMILES string of the molecule is CN(Cc1ccccc1)C1CN(CCN)C1. The van der Waals surface area contributed by atoms with Crippen LogP contribution in [-0.2, 0) is 6.54 Å². The van der Waals surface area contributed by atoms with Gasteiger partial charge in [-0.15, -0.1) is 0 Å². The molecule has 0 radical (unpaired) electrons. The summed E-state index contributed by atoms with van der Waals surface area (Å²) in [5.41, 5.74) is 6.92. The van der Waals surface area contributed by atoms with Crippen molar-refractivity contribution in [3.05, 3.63) is 35.9 Å². The Morgan fingerprint density at radius 1 is 1.31 bits per heavy atom. The number of hydrogen-bond donors (Lipinski definition) is 1. The van der Waals surface area contributed by atoms with Crippen molar-refractivity contribution in [2.75, 3.05) is 33.2 Å². The fourth-order valence-electron chi connectivity index (χ4n) is 2.19. The molecule has 16 heavy (non-hydrogen) atoms. The summed E-state index contributed by atoms with van der Waals surface area (Å²) < 4.78 is 0. The van der Waals surface area contributed by atoms with Gasteiger partial charge in [0.2, 0.25) is 0 Å². The van der Waals surface area contributed by atoms with Crippen LogP contribution in [0.15, 0.2) is 30.3 Å². The molecule has 3 heteroatoms. The molecule has 0 aliphatic carbocycles. The zero-order valence-electron chi connectivity index (χ0n) is 9.97. The quantitative estimate of drug-likeness (QED) is 0.793. The summed E-state index contributed by atoms with van der Waals surface area (Å²) in [6.45, 7) is 5.19. The highest BCUT2D eigenvalue weighted by molar-refractivity contribution is 5.14. The second kappa shape index (κ2) is 5.43. The van der Waals surface area contributed by atoms with Crippen molar-refractivity contribution in [1.29, 1.82) is 0 Å². The molecule has 1 aromatic rings. The molecular weight excluding hydrogens is 198 g/mol. The summed E-state index contributed by atoms with van der Waals surface area (Å²) in [5.74, 6) is 0. The van der Waals surface area contributed by atoms with E-state index in [2.05, 4.69) is 47.2 Å². The van der Waals surface area contributed by atoms with Crippen molar-refractivity contribution in [2.24, 2.45) is 5.73 Å². The van der Waals surface area contributed by atoms with Crippen LogP contribution in [0.25, 0.3) is 0 Å². The Labute approximate surface area is 97.8 Å². The number of rotatable bonds is 5. The van der Waals surface area contributed by atoms with E-state index in [1.54, 1.807) is 0 Å². The molecule has 3 nitrogen and oxygen atoms in total. The van der Waals surface area contributed by atoms with Gasteiger partial charge in [0.15, 0.2) is 0 Å². The van der Waals surface area contributed by atoms with E-state index in [1.165, 1.54) is 18.7 Å². The molecule has 1 aliphatic heterocycles. The van der Waals surface area contributed by atoms with Crippen molar-refractivity contribution in [3.63, 3.8) is 0 Å². The highest BCUT2D eigenvalue weighted by atomic mass is 15.3. The van der Waals surface area contributed by atoms with Crippen LogP contribution in [0.2, 0.25) is 0 Å². The first-order chi connectivity index (χ1) is 7.79. The third kappa shape index (κ3) is 2.82. The normalized spacial score (nSPS) is 17.7. The molecule has 2 rings (SSSR count). The van der Waals surface area contributed by atoms with Crippen LogP contribution in [0.5, 0.6) is 0 Å². The van der Waals surface area contributed by atoms with E-state index in [9.17, 15) is 0 Å². The van der Waals surface area contributed by atoms with Crippen LogP contribution in [0.4, 0.5) is 0 Å². The smallest absolute Gasteiger partial charge is 0.0350 e. The highest BCUT2D eigenvalue weighted by Gasteiger charge is 2.28. The van der Waals surface area contributed by atoms with Crippen LogP contribution in [0, 0.1) is 0 Å². The number of likely N-dealkylation sites (N-methyl/N-ethyl adjacent to an activating group) is 1. The monoisotopic (exact) mass is 219 g/mol. The van der Waals surface area contributed by atoms with E-state index in [1.807, 2.05) is 0 Å². The Bertz CT molecular complexity index is 306. The maximum Gasteiger partial charge on any atom is 0.0350 e. The summed E-state index contributed by atoms with van der Waals surface area (Å²) in [6, 6.07) is 11.3. The molecule has 0 amide bonds. The van der Waals surface area contributed by atoms with Crippen molar-refractivity contribution in [2.45, 2.75) is 12.6 Å². The first-order valence-electron chi connectivity index (χ1n) is 5.96. The molecule has 1 fully saturated rings. The van der Waals surface area contributed by atoms with Gasteiger partial charge in [-0.2, -0.15) is 0 Å². The Morgan fingerprint density at radius 3 is 2.62 bits per heavy atom. The summed E-state index contributed by atoms with van der Waals surface area (Å²) in [5, 5.41) is 0. The number of nitrogens with zero attached hydrogens (tertiary/aromatic N) is 2. The van der Waals surface area contributed by atoms with Gasteiger partial charge in [-0.25, -0.2) is 0 Å². The Hall–Kier alpha value is -0.900. The Balaban J connectivity index is 1.76. The third-order valence-electron chi connectivity index (χ3n) is 3.28. The minimum absolute atomic E-state index is 0.701. The number of hydrogen-bond acceptors (Lipinski definition) is 3. The van der Waals surface area contributed by atoms with E-state index >= 15 is 0 Å². The van der Waals surface area contributed by atoms with Crippen molar-refractivity contribution < 1.29 is 0 Å².